The van der Waals surface area contributed by atoms with Crippen LogP contribution < -0.4 is 0 Å². The lowest BCUT2D eigenvalue weighted by Gasteiger charge is -2.10. The molecule has 4 aromatic rings. The van der Waals surface area contributed by atoms with Crippen LogP contribution in [0.1, 0.15) is 42.0 Å². The van der Waals surface area contributed by atoms with Gasteiger partial charge >= 0.3 is 6.18 Å². The van der Waals surface area contributed by atoms with E-state index < -0.39 is 11.7 Å². The number of alkyl halides is 3. The molecule has 0 radical (unpaired) electrons. The predicted octanol–water partition coefficient (Wildman–Crippen LogP) is 7.58. The Morgan fingerprint density at radius 3 is 2.18 bits per heavy atom. The van der Waals surface area contributed by atoms with Crippen molar-refractivity contribution in [1.82, 2.24) is 9.97 Å². The molecule has 0 fully saturated rings. The van der Waals surface area contributed by atoms with Crippen LogP contribution in [-0.2, 0) is 25.4 Å². The minimum absolute atomic E-state index is 0.304. The molecule has 2 nitrogen and oxygen atoms in total. The van der Waals surface area contributed by atoms with E-state index in [0.29, 0.717) is 29.6 Å². The van der Waals surface area contributed by atoms with E-state index in [1.165, 1.54) is 12.1 Å². The van der Waals surface area contributed by atoms with Crippen molar-refractivity contribution >= 4 is 10.8 Å². The fraction of sp³-hybridized carbons (Fsp3) is 0.259. The standard InChI is InChI=1S/C27H24F4N2/c1-2-3-4-19-16-32-26(33-17-19)22-11-14-24-21(15-22)10-9-20(25(24)28)8-5-18-6-12-23(13-7-18)27(29,30)31/h6-7,9-17H,2-5,8H2,1H3. The number of fused-ring (bicyclic) bond motifs is 1. The zero-order chi connectivity index (χ0) is 23.4. The summed E-state index contributed by atoms with van der Waals surface area (Å²) in [6.45, 7) is 2.14. The van der Waals surface area contributed by atoms with Crippen molar-refractivity contribution in [3.05, 3.63) is 95.1 Å². The van der Waals surface area contributed by atoms with Crippen LogP contribution in [-0.4, -0.2) is 9.97 Å². The lowest BCUT2D eigenvalue weighted by molar-refractivity contribution is -0.137. The minimum atomic E-state index is -4.36. The van der Waals surface area contributed by atoms with Gasteiger partial charge in [-0.1, -0.05) is 49.7 Å². The van der Waals surface area contributed by atoms with Crippen LogP contribution in [0, 0.1) is 5.82 Å². The summed E-state index contributed by atoms with van der Waals surface area (Å²) in [6.07, 6.45) is 3.34. The molecule has 170 valence electrons. The third kappa shape index (κ3) is 5.38. The molecule has 0 bridgehead atoms. The third-order valence-electron chi connectivity index (χ3n) is 5.78. The van der Waals surface area contributed by atoms with Crippen molar-refractivity contribution in [2.24, 2.45) is 0 Å². The summed E-state index contributed by atoms with van der Waals surface area (Å²) in [4.78, 5) is 8.92. The van der Waals surface area contributed by atoms with Crippen LogP contribution in [0.25, 0.3) is 22.2 Å². The summed E-state index contributed by atoms with van der Waals surface area (Å²) in [5.41, 5.74) is 2.51. The van der Waals surface area contributed by atoms with Gasteiger partial charge in [-0.2, -0.15) is 13.2 Å². The van der Waals surface area contributed by atoms with Crippen molar-refractivity contribution in [2.45, 2.75) is 45.2 Å². The Morgan fingerprint density at radius 2 is 1.52 bits per heavy atom. The fourth-order valence-corrected chi connectivity index (χ4v) is 3.82. The number of hydrogen-bond donors (Lipinski definition) is 0. The van der Waals surface area contributed by atoms with Crippen molar-refractivity contribution in [3.63, 3.8) is 0 Å². The van der Waals surface area contributed by atoms with Gasteiger partial charge < -0.3 is 0 Å². The molecule has 0 aliphatic heterocycles. The zero-order valence-electron chi connectivity index (χ0n) is 18.3. The molecule has 0 spiro atoms. The monoisotopic (exact) mass is 452 g/mol. The molecule has 0 amide bonds. The molecule has 4 rings (SSSR count). The number of halogens is 4. The highest BCUT2D eigenvalue weighted by Gasteiger charge is 2.29. The molecule has 0 aliphatic carbocycles. The molecule has 33 heavy (non-hydrogen) atoms. The Kier molecular flexibility index (Phi) is 6.72. The number of nitrogens with zero attached hydrogens (tertiary/aromatic N) is 2. The van der Waals surface area contributed by atoms with Gasteiger partial charge in [0.05, 0.1) is 5.56 Å². The van der Waals surface area contributed by atoms with Gasteiger partial charge in [0.25, 0.3) is 0 Å². The van der Waals surface area contributed by atoms with Crippen LogP contribution >= 0.6 is 0 Å². The molecular weight excluding hydrogens is 428 g/mol. The highest BCUT2D eigenvalue weighted by atomic mass is 19.4. The molecule has 0 unspecified atom stereocenters. The van der Waals surface area contributed by atoms with Crippen LogP contribution in [0.2, 0.25) is 0 Å². The molecule has 0 saturated carbocycles. The van der Waals surface area contributed by atoms with Crippen LogP contribution in [0.15, 0.2) is 67.0 Å². The first-order valence-electron chi connectivity index (χ1n) is 11.0. The molecule has 0 saturated heterocycles. The maximum Gasteiger partial charge on any atom is 0.416 e. The van der Waals surface area contributed by atoms with Gasteiger partial charge in [0, 0.05) is 23.3 Å². The summed E-state index contributed by atoms with van der Waals surface area (Å²) in [6, 6.07) is 14.0. The average Bonchev–Trinajstić information content (AvgIpc) is 2.82. The molecule has 3 aromatic carbocycles. The van der Waals surface area contributed by atoms with E-state index >= 15 is 4.39 Å². The molecule has 1 aromatic heterocycles. The van der Waals surface area contributed by atoms with Gasteiger partial charge in [0.15, 0.2) is 5.82 Å². The highest BCUT2D eigenvalue weighted by Crippen LogP contribution is 2.30. The Hall–Kier alpha value is -3.28. The number of aromatic nitrogens is 2. The lowest BCUT2D eigenvalue weighted by Crippen LogP contribution is -2.04. The molecule has 0 N–H and O–H groups in total. The first kappa shape index (κ1) is 22.9. The topological polar surface area (TPSA) is 25.8 Å². The number of aryl methyl sites for hydroxylation is 3. The van der Waals surface area contributed by atoms with E-state index in [2.05, 4.69) is 16.9 Å². The second kappa shape index (κ2) is 9.69. The van der Waals surface area contributed by atoms with Crippen molar-refractivity contribution < 1.29 is 17.6 Å². The minimum Gasteiger partial charge on any atom is -0.236 e. The molecule has 6 heteroatoms. The Bertz CT molecular complexity index is 1230. The smallest absolute Gasteiger partial charge is 0.236 e. The third-order valence-corrected chi connectivity index (χ3v) is 5.78. The van der Waals surface area contributed by atoms with Crippen molar-refractivity contribution in [2.75, 3.05) is 0 Å². The van der Waals surface area contributed by atoms with E-state index in [0.717, 1.165) is 53.5 Å². The van der Waals surface area contributed by atoms with Gasteiger partial charge in [-0.15, -0.1) is 0 Å². The normalized spacial score (nSPS) is 11.8. The summed E-state index contributed by atoms with van der Waals surface area (Å²) < 4.78 is 53.3. The predicted molar refractivity (Wildman–Crippen MR) is 122 cm³/mol. The Labute approximate surface area is 190 Å². The summed E-state index contributed by atoms with van der Waals surface area (Å²) >= 11 is 0. The highest BCUT2D eigenvalue weighted by molar-refractivity contribution is 5.87. The van der Waals surface area contributed by atoms with Crippen LogP contribution in [0.5, 0.6) is 0 Å². The Morgan fingerprint density at radius 1 is 0.788 bits per heavy atom. The van der Waals surface area contributed by atoms with Gasteiger partial charge in [0.2, 0.25) is 0 Å². The maximum absolute atomic E-state index is 15.1. The van der Waals surface area contributed by atoms with Gasteiger partial charge in [0.1, 0.15) is 5.82 Å². The van der Waals surface area contributed by atoms with E-state index in [4.69, 9.17) is 0 Å². The first-order chi connectivity index (χ1) is 15.8. The second-order valence-corrected chi connectivity index (χ2v) is 8.19. The van der Waals surface area contributed by atoms with Crippen LogP contribution in [0.4, 0.5) is 17.6 Å². The average molecular weight is 452 g/mol. The lowest BCUT2D eigenvalue weighted by atomic mass is 9.98. The van der Waals surface area contributed by atoms with E-state index in [1.807, 2.05) is 30.6 Å². The van der Waals surface area contributed by atoms with E-state index in [1.54, 1.807) is 12.1 Å². The van der Waals surface area contributed by atoms with Gasteiger partial charge in [-0.3, -0.25) is 0 Å². The second-order valence-electron chi connectivity index (χ2n) is 8.19. The van der Waals surface area contributed by atoms with Crippen LogP contribution in [0.3, 0.4) is 0 Å². The van der Waals surface area contributed by atoms with E-state index in [-0.39, 0.29) is 5.82 Å². The van der Waals surface area contributed by atoms with Gasteiger partial charge in [-0.25, -0.2) is 14.4 Å². The molecule has 1 heterocycles. The molecule has 0 aliphatic rings. The maximum atomic E-state index is 15.1. The quantitative estimate of drug-likeness (QED) is 0.270. The molecular formula is C27H24F4N2. The van der Waals surface area contributed by atoms with E-state index in [9.17, 15) is 13.2 Å². The summed E-state index contributed by atoms with van der Waals surface area (Å²) in [5, 5.41) is 1.25. The number of unbranched alkanes of at least 4 members (excludes halogenated alkanes) is 1. The number of hydrogen-bond acceptors (Lipinski definition) is 2. The number of rotatable bonds is 7. The largest absolute Gasteiger partial charge is 0.416 e. The summed E-state index contributed by atoms with van der Waals surface area (Å²) in [5.74, 6) is 0.297. The Balaban J connectivity index is 1.50. The summed E-state index contributed by atoms with van der Waals surface area (Å²) in [7, 11) is 0. The SMILES string of the molecule is CCCCc1cnc(-c2ccc3c(F)c(CCc4ccc(C(F)(F)F)cc4)ccc3c2)nc1. The molecule has 0 atom stereocenters. The van der Waals surface area contributed by atoms with Crippen molar-refractivity contribution in [3.8, 4) is 11.4 Å². The fourth-order valence-electron chi connectivity index (χ4n) is 3.82. The van der Waals surface area contributed by atoms with Gasteiger partial charge in [-0.05, 0) is 66.0 Å². The first-order valence-corrected chi connectivity index (χ1v) is 11.0. The van der Waals surface area contributed by atoms with Crippen molar-refractivity contribution in [1.29, 1.82) is 0 Å². The zero-order valence-corrected chi connectivity index (χ0v) is 18.3. The number of benzene rings is 3.